The summed E-state index contributed by atoms with van der Waals surface area (Å²) < 4.78 is 0. The molecule has 1 fully saturated rings. The third-order valence-electron chi connectivity index (χ3n) is 4.22. The summed E-state index contributed by atoms with van der Waals surface area (Å²) in [5, 5.41) is 5.89. The van der Waals surface area contributed by atoms with E-state index in [9.17, 15) is 9.59 Å². The number of amides is 2. The van der Waals surface area contributed by atoms with Crippen LogP contribution in [0.1, 0.15) is 61.3 Å². The van der Waals surface area contributed by atoms with E-state index in [1.807, 2.05) is 20.8 Å². The molecule has 1 aromatic rings. The highest BCUT2D eigenvalue weighted by molar-refractivity contribution is 5.98. The van der Waals surface area contributed by atoms with Crippen LogP contribution < -0.4 is 10.6 Å². The van der Waals surface area contributed by atoms with E-state index < -0.39 is 0 Å². The first-order chi connectivity index (χ1) is 11.3. The number of benzene rings is 1. The summed E-state index contributed by atoms with van der Waals surface area (Å²) in [5.41, 5.74) is 0.863. The van der Waals surface area contributed by atoms with Crippen LogP contribution in [0.25, 0.3) is 0 Å². The van der Waals surface area contributed by atoms with Crippen LogP contribution in [0.5, 0.6) is 0 Å². The average molecular weight is 331 g/mol. The second-order valence-corrected chi connectivity index (χ2v) is 7.58. The summed E-state index contributed by atoms with van der Waals surface area (Å²) in [6.45, 7) is 10.8. The molecule has 2 amide bonds. The summed E-state index contributed by atoms with van der Waals surface area (Å²) in [6.07, 6.45) is 2.49. The molecule has 1 atom stereocenters. The van der Waals surface area contributed by atoms with E-state index in [1.54, 1.807) is 24.3 Å². The Balaban J connectivity index is 1.87. The van der Waals surface area contributed by atoms with Gasteiger partial charge in [0.25, 0.3) is 11.8 Å². The van der Waals surface area contributed by atoms with Crippen LogP contribution in [-0.4, -0.2) is 47.9 Å². The molecule has 1 aromatic carbocycles. The lowest BCUT2D eigenvalue weighted by molar-refractivity contribution is 0.0914. The fourth-order valence-electron chi connectivity index (χ4n) is 2.84. The fraction of sp³-hybridized carbons (Fsp3) is 0.579. The molecule has 1 aliphatic heterocycles. The molecule has 2 rings (SSSR count). The Morgan fingerprint density at radius 3 is 2.04 bits per heavy atom. The van der Waals surface area contributed by atoms with Crippen LogP contribution in [0, 0.1) is 0 Å². The maximum absolute atomic E-state index is 12.2. The molecule has 0 aliphatic carbocycles. The van der Waals surface area contributed by atoms with Gasteiger partial charge in [-0.25, -0.2) is 0 Å². The smallest absolute Gasteiger partial charge is 0.251 e. The third-order valence-corrected chi connectivity index (χ3v) is 4.22. The summed E-state index contributed by atoms with van der Waals surface area (Å²) in [4.78, 5) is 26.7. The normalized spacial score (nSPS) is 16.7. The van der Waals surface area contributed by atoms with E-state index in [2.05, 4.69) is 22.5 Å². The van der Waals surface area contributed by atoms with Gasteiger partial charge in [0.2, 0.25) is 0 Å². The maximum atomic E-state index is 12.2. The quantitative estimate of drug-likeness (QED) is 0.871. The Bertz CT molecular complexity index is 569. The van der Waals surface area contributed by atoms with Gasteiger partial charge in [-0.15, -0.1) is 0 Å². The molecule has 0 bridgehead atoms. The lowest BCUT2D eigenvalue weighted by Crippen LogP contribution is -2.41. The number of carbonyl (C=O) groups excluding carboxylic acids is 2. The number of hydrogen-bond donors (Lipinski definition) is 2. The van der Waals surface area contributed by atoms with Gasteiger partial charge in [0.15, 0.2) is 0 Å². The fourth-order valence-corrected chi connectivity index (χ4v) is 2.84. The molecular formula is C19H29N3O2. The van der Waals surface area contributed by atoms with E-state index in [1.165, 1.54) is 12.8 Å². The van der Waals surface area contributed by atoms with Gasteiger partial charge in [-0.05, 0) is 77.9 Å². The van der Waals surface area contributed by atoms with Crippen molar-refractivity contribution in [2.45, 2.75) is 52.1 Å². The Kier molecular flexibility index (Phi) is 5.99. The number of likely N-dealkylation sites (tertiary alicyclic amines) is 1. The highest BCUT2D eigenvalue weighted by atomic mass is 16.2. The van der Waals surface area contributed by atoms with Crippen molar-refractivity contribution in [3.63, 3.8) is 0 Å². The zero-order valence-corrected chi connectivity index (χ0v) is 15.2. The number of carbonyl (C=O) groups is 2. The molecule has 132 valence electrons. The minimum atomic E-state index is -0.279. The van der Waals surface area contributed by atoms with Crippen LogP contribution in [0.2, 0.25) is 0 Å². The van der Waals surface area contributed by atoms with Crippen molar-refractivity contribution < 1.29 is 9.59 Å². The number of hydrogen-bond acceptors (Lipinski definition) is 3. The molecule has 1 saturated heterocycles. The minimum Gasteiger partial charge on any atom is -0.350 e. The lowest BCUT2D eigenvalue weighted by atomic mass is 10.1. The standard InChI is InChI=1S/C19H29N3O2/c1-14(22-11-5-6-12-22)13-20-17(23)15-7-9-16(10-8-15)18(24)21-19(2,3)4/h7-10,14H,5-6,11-13H2,1-4H3,(H,20,23)(H,21,24)/t14-/m0/s1. The monoisotopic (exact) mass is 331 g/mol. The van der Waals surface area contributed by atoms with Crippen LogP contribution in [0.4, 0.5) is 0 Å². The second-order valence-electron chi connectivity index (χ2n) is 7.58. The van der Waals surface area contributed by atoms with Crippen molar-refractivity contribution in [3.8, 4) is 0 Å². The van der Waals surface area contributed by atoms with Crippen molar-refractivity contribution >= 4 is 11.8 Å². The Hall–Kier alpha value is -1.88. The zero-order valence-electron chi connectivity index (χ0n) is 15.2. The highest BCUT2D eigenvalue weighted by Gasteiger charge is 2.19. The van der Waals surface area contributed by atoms with Crippen molar-refractivity contribution in [3.05, 3.63) is 35.4 Å². The molecule has 1 heterocycles. The summed E-state index contributed by atoms with van der Waals surface area (Å²) >= 11 is 0. The molecule has 5 nitrogen and oxygen atoms in total. The average Bonchev–Trinajstić information content (AvgIpc) is 3.05. The lowest BCUT2D eigenvalue weighted by Gasteiger charge is -2.23. The van der Waals surface area contributed by atoms with E-state index in [-0.39, 0.29) is 17.4 Å². The van der Waals surface area contributed by atoms with Gasteiger partial charge in [0, 0.05) is 29.3 Å². The number of nitrogens with zero attached hydrogens (tertiary/aromatic N) is 1. The molecule has 0 radical (unpaired) electrons. The molecule has 5 heteroatoms. The van der Waals surface area contributed by atoms with Crippen LogP contribution >= 0.6 is 0 Å². The molecule has 24 heavy (non-hydrogen) atoms. The maximum Gasteiger partial charge on any atom is 0.251 e. The Labute approximate surface area is 144 Å². The van der Waals surface area contributed by atoms with Gasteiger partial charge >= 0.3 is 0 Å². The van der Waals surface area contributed by atoms with Gasteiger partial charge in [0.05, 0.1) is 0 Å². The zero-order chi connectivity index (χ0) is 17.7. The molecule has 0 saturated carbocycles. The van der Waals surface area contributed by atoms with Gasteiger partial charge in [-0.2, -0.15) is 0 Å². The summed E-state index contributed by atoms with van der Waals surface area (Å²) in [6, 6.07) is 7.15. The van der Waals surface area contributed by atoms with E-state index >= 15 is 0 Å². The predicted octanol–water partition coefficient (Wildman–Crippen LogP) is 2.43. The molecular weight excluding hydrogens is 302 g/mol. The van der Waals surface area contributed by atoms with Crippen LogP contribution in [0.3, 0.4) is 0 Å². The topological polar surface area (TPSA) is 61.4 Å². The van der Waals surface area contributed by atoms with E-state index in [0.717, 1.165) is 13.1 Å². The van der Waals surface area contributed by atoms with Crippen molar-refractivity contribution in [2.75, 3.05) is 19.6 Å². The second kappa shape index (κ2) is 7.79. The largest absolute Gasteiger partial charge is 0.350 e. The van der Waals surface area contributed by atoms with Crippen molar-refractivity contribution in [2.24, 2.45) is 0 Å². The Morgan fingerprint density at radius 2 is 1.54 bits per heavy atom. The Morgan fingerprint density at radius 1 is 1.04 bits per heavy atom. The summed E-state index contributed by atoms with van der Waals surface area (Å²) in [5.74, 6) is -0.221. The van der Waals surface area contributed by atoms with Crippen LogP contribution in [-0.2, 0) is 0 Å². The van der Waals surface area contributed by atoms with Gasteiger partial charge < -0.3 is 10.6 Å². The minimum absolute atomic E-state index is 0.0937. The number of rotatable bonds is 5. The predicted molar refractivity (Wildman–Crippen MR) is 96.3 cm³/mol. The first kappa shape index (κ1) is 18.5. The molecule has 0 spiro atoms. The molecule has 1 aliphatic rings. The first-order valence-electron chi connectivity index (χ1n) is 8.71. The van der Waals surface area contributed by atoms with Crippen molar-refractivity contribution in [1.82, 2.24) is 15.5 Å². The third kappa shape index (κ3) is 5.34. The van der Waals surface area contributed by atoms with Gasteiger partial charge in [-0.3, -0.25) is 14.5 Å². The van der Waals surface area contributed by atoms with Crippen LogP contribution in [0.15, 0.2) is 24.3 Å². The first-order valence-corrected chi connectivity index (χ1v) is 8.71. The summed E-state index contributed by atoms with van der Waals surface area (Å²) in [7, 11) is 0. The van der Waals surface area contributed by atoms with Gasteiger partial charge in [0.1, 0.15) is 0 Å². The molecule has 0 unspecified atom stereocenters. The van der Waals surface area contributed by atoms with Gasteiger partial charge in [-0.1, -0.05) is 0 Å². The van der Waals surface area contributed by atoms with Crippen molar-refractivity contribution in [1.29, 1.82) is 0 Å². The SMILES string of the molecule is C[C@@H](CNC(=O)c1ccc(C(=O)NC(C)(C)C)cc1)N1CCCC1. The molecule has 0 aromatic heterocycles. The highest BCUT2D eigenvalue weighted by Crippen LogP contribution is 2.11. The van der Waals surface area contributed by atoms with E-state index in [4.69, 9.17) is 0 Å². The van der Waals surface area contributed by atoms with E-state index in [0.29, 0.717) is 23.7 Å². The number of nitrogens with one attached hydrogen (secondary N) is 2. The molecule has 2 N–H and O–H groups in total.